The van der Waals surface area contributed by atoms with E-state index in [2.05, 4.69) is 10.2 Å². The zero-order chi connectivity index (χ0) is 12.5. The number of H-pyrrole nitrogens is 1. The molecule has 1 saturated heterocycles. The fourth-order valence-electron chi connectivity index (χ4n) is 2.10. The van der Waals surface area contributed by atoms with Crippen molar-refractivity contribution < 1.29 is 4.79 Å². The average Bonchev–Trinajstić information content (AvgIpc) is 2.97. The molecule has 1 unspecified atom stereocenters. The predicted molar refractivity (Wildman–Crippen MR) is 70.6 cm³/mol. The van der Waals surface area contributed by atoms with Crippen LogP contribution in [0.4, 0.5) is 5.82 Å². The third kappa shape index (κ3) is 1.99. The highest BCUT2D eigenvalue weighted by atomic mass is 35.5. The van der Waals surface area contributed by atoms with Crippen LogP contribution in [0.2, 0.25) is 0 Å². The van der Waals surface area contributed by atoms with Crippen LogP contribution < -0.4 is 4.90 Å². The van der Waals surface area contributed by atoms with Gasteiger partial charge in [-0.2, -0.15) is 5.10 Å². The Morgan fingerprint density at radius 2 is 2.11 bits per heavy atom. The summed E-state index contributed by atoms with van der Waals surface area (Å²) < 4.78 is 0. The van der Waals surface area contributed by atoms with Crippen molar-refractivity contribution in [2.45, 2.75) is 11.8 Å². The van der Waals surface area contributed by atoms with Crippen molar-refractivity contribution in [1.29, 1.82) is 0 Å². The highest BCUT2D eigenvalue weighted by molar-refractivity contribution is 6.24. The lowest BCUT2D eigenvalue weighted by Gasteiger charge is -2.10. The molecule has 18 heavy (non-hydrogen) atoms. The molecule has 1 atom stereocenters. The summed E-state index contributed by atoms with van der Waals surface area (Å²) in [6, 6.07) is 11.8. The Labute approximate surface area is 110 Å². The lowest BCUT2D eigenvalue weighted by molar-refractivity contribution is -0.117. The second-order valence-corrected chi connectivity index (χ2v) is 4.93. The van der Waals surface area contributed by atoms with E-state index in [9.17, 15) is 4.79 Å². The van der Waals surface area contributed by atoms with Crippen LogP contribution in [0.3, 0.4) is 0 Å². The maximum absolute atomic E-state index is 11.7. The molecule has 1 aliphatic rings. The number of hydrogen-bond acceptors (Lipinski definition) is 2. The van der Waals surface area contributed by atoms with Crippen molar-refractivity contribution in [3.63, 3.8) is 0 Å². The molecular weight excluding hydrogens is 250 g/mol. The third-order valence-corrected chi connectivity index (χ3v) is 3.30. The molecule has 0 saturated carbocycles. The van der Waals surface area contributed by atoms with Crippen molar-refractivity contribution in [3.05, 3.63) is 36.4 Å². The van der Waals surface area contributed by atoms with Crippen LogP contribution in [0.5, 0.6) is 0 Å². The minimum atomic E-state index is -0.116. The number of anilines is 1. The van der Waals surface area contributed by atoms with Crippen LogP contribution in [0, 0.1) is 0 Å². The third-order valence-electron chi connectivity index (χ3n) is 3.00. The van der Waals surface area contributed by atoms with E-state index in [0.717, 1.165) is 11.3 Å². The summed E-state index contributed by atoms with van der Waals surface area (Å²) in [6.45, 7) is 0.527. The molecule has 0 spiro atoms. The number of aromatic nitrogens is 2. The molecule has 2 aromatic rings. The smallest absolute Gasteiger partial charge is 0.229 e. The highest BCUT2D eigenvalue weighted by Gasteiger charge is 2.30. The maximum Gasteiger partial charge on any atom is 0.229 e. The molecular formula is C13H12ClN3O. The minimum absolute atomic E-state index is 0.0288. The number of nitrogens with one attached hydrogen (secondary N) is 1. The molecule has 2 heterocycles. The quantitative estimate of drug-likeness (QED) is 0.844. The van der Waals surface area contributed by atoms with Crippen LogP contribution in [0.25, 0.3) is 11.3 Å². The van der Waals surface area contributed by atoms with Crippen LogP contribution in [0.15, 0.2) is 36.4 Å². The average molecular weight is 262 g/mol. The number of nitrogens with zero attached hydrogens (tertiary/aromatic N) is 2. The molecule has 1 fully saturated rings. The second kappa shape index (κ2) is 4.46. The van der Waals surface area contributed by atoms with E-state index in [1.165, 1.54) is 0 Å². The van der Waals surface area contributed by atoms with E-state index in [1.807, 2.05) is 36.4 Å². The fourth-order valence-corrected chi connectivity index (χ4v) is 2.37. The summed E-state index contributed by atoms with van der Waals surface area (Å²) in [5.41, 5.74) is 1.95. The van der Waals surface area contributed by atoms with Crippen LogP contribution in [-0.4, -0.2) is 28.0 Å². The second-order valence-electron chi connectivity index (χ2n) is 4.31. The number of carbonyl (C=O) groups excluding carboxylic acids is 1. The van der Waals surface area contributed by atoms with Gasteiger partial charge in [0.25, 0.3) is 0 Å². The van der Waals surface area contributed by atoms with Gasteiger partial charge in [0.15, 0.2) is 5.82 Å². The first-order valence-electron chi connectivity index (χ1n) is 5.79. The molecule has 92 valence electrons. The van der Waals surface area contributed by atoms with Gasteiger partial charge in [0, 0.05) is 19.0 Å². The van der Waals surface area contributed by atoms with Crippen molar-refractivity contribution in [3.8, 4) is 11.3 Å². The van der Waals surface area contributed by atoms with E-state index >= 15 is 0 Å². The van der Waals surface area contributed by atoms with Gasteiger partial charge in [0.2, 0.25) is 5.91 Å². The van der Waals surface area contributed by atoms with Crippen molar-refractivity contribution >= 4 is 23.3 Å². The summed E-state index contributed by atoms with van der Waals surface area (Å²) in [6.07, 6.45) is 0.384. The minimum Gasteiger partial charge on any atom is -0.294 e. The van der Waals surface area contributed by atoms with Gasteiger partial charge in [0.1, 0.15) is 0 Å². The molecule has 1 aromatic carbocycles. The SMILES string of the molecule is O=C1CC(Cl)CN1c1cc(-c2ccccc2)[nH]n1. The van der Waals surface area contributed by atoms with Gasteiger partial charge >= 0.3 is 0 Å². The van der Waals surface area contributed by atoms with E-state index in [1.54, 1.807) is 4.90 Å². The molecule has 3 rings (SSSR count). The van der Waals surface area contributed by atoms with Gasteiger partial charge in [-0.1, -0.05) is 30.3 Å². The number of halogens is 1. The summed E-state index contributed by atoms with van der Waals surface area (Å²) >= 11 is 5.98. The summed E-state index contributed by atoms with van der Waals surface area (Å²) in [5.74, 6) is 0.670. The Hall–Kier alpha value is -1.81. The predicted octanol–water partition coefficient (Wildman–Crippen LogP) is 2.42. The van der Waals surface area contributed by atoms with Gasteiger partial charge in [-0.15, -0.1) is 11.6 Å². The first-order chi connectivity index (χ1) is 8.74. The zero-order valence-electron chi connectivity index (χ0n) is 9.64. The van der Waals surface area contributed by atoms with Crippen molar-refractivity contribution in [2.75, 3.05) is 11.4 Å². The summed E-state index contributed by atoms with van der Waals surface area (Å²) in [5, 5.41) is 7.01. The first-order valence-corrected chi connectivity index (χ1v) is 6.23. The Balaban J connectivity index is 1.88. The molecule has 0 radical (unpaired) electrons. The number of hydrogen-bond donors (Lipinski definition) is 1. The first kappa shape index (κ1) is 11.3. The van der Waals surface area contributed by atoms with E-state index in [0.29, 0.717) is 18.8 Å². The highest BCUT2D eigenvalue weighted by Crippen LogP contribution is 2.26. The van der Waals surface area contributed by atoms with Gasteiger partial charge in [0.05, 0.1) is 11.1 Å². The summed E-state index contributed by atoms with van der Waals surface area (Å²) in [4.78, 5) is 13.3. The topological polar surface area (TPSA) is 49.0 Å². The van der Waals surface area contributed by atoms with Crippen LogP contribution >= 0.6 is 11.6 Å². The summed E-state index contributed by atoms with van der Waals surface area (Å²) in [7, 11) is 0. The number of aromatic amines is 1. The largest absolute Gasteiger partial charge is 0.294 e. The Morgan fingerprint density at radius 3 is 2.78 bits per heavy atom. The van der Waals surface area contributed by atoms with Crippen LogP contribution in [-0.2, 0) is 4.79 Å². The van der Waals surface area contributed by atoms with E-state index in [4.69, 9.17) is 11.6 Å². The lowest BCUT2D eigenvalue weighted by atomic mass is 10.1. The molecule has 5 heteroatoms. The van der Waals surface area contributed by atoms with E-state index < -0.39 is 0 Å². The van der Waals surface area contributed by atoms with Crippen molar-refractivity contribution in [2.24, 2.45) is 0 Å². The fraction of sp³-hybridized carbons (Fsp3) is 0.231. The van der Waals surface area contributed by atoms with Crippen LogP contribution in [0.1, 0.15) is 6.42 Å². The molecule has 1 N–H and O–H groups in total. The van der Waals surface area contributed by atoms with Crippen molar-refractivity contribution in [1.82, 2.24) is 10.2 Å². The molecule has 1 aliphatic heterocycles. The Bertz CT molecular complexity index is 567. The Kier molecular flexibility index (Phi) is 2.80. The normalized spacial score (nSPS) is 19.5. The van der Waals surface area contributed by atoms with Gasteiger partial charge in [-0.25, -0.2) is 0 Å². The lowest BCUT2D eigenvalue weighted by Crippen LogP contribution is -2.24. The molecule has 1 aromatic heterocycles. The number of benzene rings is 1. The molecule has 0 bridgehead atoms. The maximum atomic E-state index is 11.7. The zero-order valence-corrected chi connectivity index (χ0v) is 10.4. The van der Waals surface area contributed by atoms with E-state index in [-0.39, 0.29) is 11.3 Å². The number of alkyl halides is 1. The standard InChI is InChI=1S/C13H12ClN3O/c14-10-6-13(18)17(8-10)12-7-11(15-16-12)9-4-2-1-3-5-9/h1-5,7,10H,6,8H2,(H,15,16). The molecule has 0 aliphatic carbocycles. The Morgan fingerprint density at radius 1 is 1.33 bits per heavy atom. The molecule has 4 nitrogen and oxygen atoms in total. The molecule has 1 amide bonds. The number of amides is 1. The van der Waals surface area contributed by atoms with Gasteiger partial charge < -0.3 is 0 Å². The number of carbonyl (C=O) groups is 1. The van der Waals surface area contributed by atoms with Gasteiger partial charge in [-0.05, 0) is 5.56 Å². The van der Waals surface area contributed by atoms with Gasteiger partial charge in [-0.3, -0.25) is 14.8 Å². The monoisotopic (exact) mass is 261 g/mol. The number of rotatable bonds is 2.